The van der Waals surface area contributed by atoms with Gasteiger partial charge in [0.2, 0.25) is 0 Å². The summed E-state index contributed by atoms with van der Waals surface area (Å²) in [6.07, 6.45) is 3.68. The average molecular weight is 291 g/mol. The van der Waals surface area contributed by atoms with Crippen molar-refractivity contribution in [1.82, 2.24) is 9.88 Å². The van der Waals surface area contributed by atoms with Crippen LogP contribution in [0.15, 0.2) is 18.3 Å². The number of likely N-dealkylation sites (tertiary alicyclic amines) is 1. The predicted octanol–water partition coefficient (Wildman–Crippen LogP) is 1.84. The second-order valence-electron chi connectivity index (χ2n) is 5.48. The molecule has 1 aromatic heterocycles. The lowest BCUT2D eigenvalue weighted by Crippen LogP contribution is -2.37. The molecule has 0 aromatic carbocycles. The molecule has 1 fully saturated rings. The number of nitrogens with zero attached hydrogens (tertiary/aromatic N) is 2. The first-order valence-electron chi connectivity index (χ1n) is 7.27. The zero-order chi connectivity index (χ0) is 15.2. The van der Waals surface area contributed by atoms with Gasteiger partial charge in [-0.3, -0.25) is 9.59 Å². The minimum absolute atomic E-state index is 0.0199. The second kappa shape index (κ2) is 7.06. The number of carbonyl (C=O) groups is 2. The molecule has 0 radical (unpaired) electrons. The van der Waals surface area contributed by atoms with Crippen molar-refractivity contribution in [1.29, 1.82) is 0 Å². The van der Waals surface area contributed by atoms with Gasteiger partial charge in [0, 0.05) is 25.8 Å². The van der Waals surface area contributed by atoms with Crippen LogP contribution in [-0.4, -0.2) is 46.5 Å². The van der Waals surface area contributed by atoms with E-state index in [4.69, 9.17) is 5.11 Å². The van der Waals surface area contributed by atoms with Gasteiger partial charge in [0.05, 0.1) is 12.0 Å². The molecule has 1 aliphatic rings. The standard InChI is InChI=1S/C15H21N3O3/c1-11-5-8-18(9-6-11)15(21)12-2-3-13(17-10-12)16-7-4-14(19)20/h2-3,10-11H,4-9H2,1H3,(H,16,17)(H,19,20). The molecule has 1 amide bonds. The highest BCUT2D eigenvalue weighted by Crippen LogP contribution is 2.18. The predicted molar refractivity (Wildman–Crippen MR) is 79.3 cm³/mol. The van der Waals surface area contributed by atoms with E-state index >= 15 is 0 Å². The van der Waals surface area contributed by atoms with E-state index in [2.05, 4.69) is 17.2 Å². The van der Waals surface area contributed by atoms with Crippen LogP contribution >= 0.6 is 0 Å². The SMILES string of the molecule is CC1CCN(C(=O)c2ccc(NCCC(=O)O)nc2)CC1. The maximum atomic E-state index is 12.3. The van der Waals surface area contributed by atoms with Gasteiger partial charge < -0.3 is 15.3 Å². The van der Waals surface area contributed by atoms with Crippen LogP contribution in [-0.2, 0) is 4.79 Å². The zero-order valence-electron chi connectivity index (χ0n) is 12.2. The highest BCUT2D eigenvalue weighted by molar-refractivity contribution is 5.94. The number of carbonyl (C=O) groups excluding carboxylic acids is 1. The normalized spacial score (nSPS) is 15.8. The summed E-state index contributed by atoms with van der Waals surface area (Å²) in [7, 11) is 0. The molecule has 21 heavy (non-hydrogen) atoms. The molecule has 0 unspecified atom stereocenters. The molecule has 0 atom stereocenters. The molecule has 0 spiro atoms. The fourth-order valence-electron chi connectivity index (χ4n) is 2.32. The van der Waals surface area contributed by atoms with Gasteiger partial charge >= 0.3 is 5.97 Å². The largest absolute Gasteiger partial charge is 0.481 e. The van der Waals surface area contributed by atoms with Gasteiger partial charge in [-0.2, -0.15) is 0 Å². The molecule has 6 heteroatoms. The summed E-state index contributed by atoms with van der Waals surface area (Å²) in [5.41, 5.74) is 0.577. The second-order valence-corrected chi connectivity index (χ2v) is 5.48. The van der Waals surface area contributed by atoms with Gasteiger partial charge in [-0.15, -0.1) is 0 Å². The number of rotatable bonds is 5. The van der Waals surface area contributed by atoms with Crippen LogP contribution in [0.25, 0.3) is 0 Å². The van der Waals surface area contributed by atoms with E-state index in [9.17, 15) is 9.59 Å². The molecule has 1 aromatic rings. The summed E-state index contributed by atoms with van der Waals surface area (Å²) >= 11 is 0. The number of carboxylic acid groups (broad SMARTS) is 1. The Kier molecular flexibility index (Phi) is 5.14. The molecule has 2 heterocycles. The van der Waals surface area contributed by atoms with Gasteiger partial charge in [0.15, 0.2) is 0 Å². The quantitative estimate of drug-likeness (QED) is 0.865. The fraction of sp³-hybridized carbons (Fsp3) is 0.533. The minimum Gasteiger partial charge on any atom is -0.481 e. The highest BCUT2D eigenvalue weighted by Gasteiger charge is 2.21. The first-order valence-corrected chi connectivity index (χ1v) is 7.27. The summed E-state index contributed by atoms with van der Waals surface area (Å²) < 4.78 is 0. The molecule has 0 aliphatic carbocycles. The van der Waals surface area contributed by atoms with Crippen molar-refractivity contribution in [2.75, 3.05) is 25.0 Å². The molecular formula is C15H21N3O3. The summed E-state index contributed by atoms with van der Waals surface area (Å²) in [4.78, 5) is 28.8. The molecular weight excluding hydrogens is 270 g/mol. The van der Waals surface area contributed by atoms with E-state index in [1.54, 1.807) is 18.3 Å². The van der Waals surface area contributed by atoms with Crippen molar-refractivity contribution in [2.45, 2.75) is 26.2 Å². The number of amides is 1. The lowest BCUT2D eigenvalue weighted by atomic mass is 9.99. The van der Waals surface area contributed by atoms with Crippen LogP contribution in [0.4, 0.5) is 5.82 Å². The van der Waals surface area contributed by atoms with Gasteiger partial charge in [-0.05, 0) is 30.9 Å². The number of hydrogen-bond donors (Lipinski definition) is 2. The Balaban J connectivity index is 1.89. The van der Waals surface area contributed by atoms with Crippen molar-refractivity contribution in [2.24, 2.45) is 5.92 Å². The van der Waals surface area contributed by atoms with Gasteiger partial charge in [-0.1, -0.05) is 6.92 Å². The number of pyridine rings is 1. The van der Waals surface area contributed by atoms with Crippen LogP contribution in [0.1, 0.15) is 36.5 Å². The fourth-order valence-corrected chi connectivity index (χ4v) is 2.32. The third kappa shape index (κ3) is 4.44. The van der Waals surface area contributed by atoms with Crippen LogP contribution < -0.4 is 5.32 Å². The monoisotopic (exact) mass is 291 g/mol. The maximum Gasteiger partial charge on any atom is 0.305 e. The van der Waals surface area contributed by atoms with Crippen LogP contribution in [0.3, 0.4) is 0 Å². The van der Waals surface area contributed by atoms with E-state index in [0.717, 1.165) is 25.9 Å². The van der Waals surface area contributed by atoms with Gasteiger partial charge in [0.1, 0.15) is 5.82 Å². The van der Waals surface area contributed by atoms with E-state index in [1.807, 2.05) is 4.90 Å². The number of piperidine rings is 1. The number of aliphatic carboxylic acids is 1. The van der Waals surface area contributed by atoms with Crippen LogP contribution in [0, 0.1) is 5.92 Å². The number of carboxylic acids is 1. The van der Waals surface area contributed by atoms with Crippen molar-refractivity contribution in [3.05, 3.63) is 23.9 Å². The van der Waals surface area contributed by atoms with Crippen LogP contribution in [0.2, 0.25) is 0 Å². The summed E-state index contributed by atoms with van der Waals surface area (Å²) in [5, 5.41) is 11.5. The Bertz CT molecular complexity index is 493. The molecule has 0 bridgehead atoms. The Labute approximate surface area is 124 Å². The maximum absolute atomic E-state index is 12.3. The Morgan fingerprint density at radius 2 is 2.10 bits per heavy atom. The Morgan fingerprint density at radius 3 is 2.67 bits per heavy atom. The van der Waals surface area contributed by atoms with E-state index < -0.39 is 5.97 Å². The number of hydrogen-bond acceptors (Lipinski definition) is 4. The zero-order valence-corrected chi connectivity index (χ0v) is 12.2. The first-order chi connectivity index (χ1) is 10.1. The Hall–Kier alpha value is -2.11. The summed E-state index contributed by atoms with van der Waals surface area (Å²) in [5.74, 6) is 0.438. The smallest absolute Gasteiger partial charge is 0.305 e. The van der Waals surface area contributed by atoms with Gasteiger partial charge in [-0.25, -0.2) is 4.98 Å². The summed E-state index contributed by atoms with van der Waals surface area (Å²) in [6, 6.07) is 3.44. The number of anilines is 1. The van der Waals surface area contributed by atoms with E-state index in [1.165, 1.54) is 0 Å². The molecule has 2 N–H and O–H groups in total. The van der Waals surface area contributed by atoms with E-state index in [0.29, 0.717) is 23.8 Å². The van der Waals surface area contributed by atoms with Crippen LogP contribution in [0.5, 0.6) is 0 Å². The van der Waals surface area contributed by atoms with Gasteiger partial charge in [0.25, 0.3) is 5.91 Å². The molecule has 6 nitrogen and oxygen atoms in total. The lowest BCUT2D eigenvalue weighted by Gasteiger charge is -2.30. The molecule has 114 valence electrons. The molecule has 0 saturated carbocycles. The average Bonchev–Trinajstić information content (AvgIpc) is 2.48. The van der Waals surface area contributed by atoms with Crippen molar-refractivity contribution >= 4 is 17.7 Å². The Morgan fingerprint density at radius 1 is 1.38 bits per heavy atom. The molecule has 1 aliphatic heterocycles. The number of aromatic nitrogens is 1. The molecule has 1 saturated heterocycles. The minimum atomic E-state index is -0.853. The highest BCUT2D eigenvalue weighted by atomic mass is 16.4. The van der Waals surface area contributed by atoms with Crippen molar-refractivity contribution in [3.8, 4) is 0 Å². The lowest BCUT2D eigenvalue weighted by molar-refractivity contribution is -0.136. The summed E-state index contributed by atoms with van der Waals surface area (Å²) in [6.45, 7) is 4.14. The third-order valence-electron chi connectivity index (χ3n) is 3.73. The molecule has 2 rings (SSSR count). The third-order valence-corrected chi connectivity index (χ3v) is 3.73. The first kappa shape index (κ1) is 15.3. The van der Waals surface area contributed by atoms with Crippen molar-refractivity contribution in [3.63, 3.8) is 0 Å². The van der Waals surface area contributed by atoms with Crippen molar-refractivity contribution < 1.29 is 14.7 Å². The number of nitrogens with one attached hydrogen (secondary N) is 1. The topological polar surface area (TPSA) is 82.5 Å². The van der Waals surface area contributed by atoms with E-state index in [-0.39, 0.29) is 12.3 Å².